The summed E-state index contributed by atoms with van der Waals surface area (Å²) in [5.41, 5.74) is 5.00. The Morgan fingerprint density at radius 3 is 2.09 bits per heavy atom. The zero-order valence-electron chi connectivity index (χ0n) is 12.0. The molecule has 122 valence electrons. The number of nitrogens with two attached hydrogens (primary N) is 1. The molecule has 5 N–H and O–H groups in total. The Hall–Kier alpha value is -2.75. The standard InChI is InChI=1S/C12H18N4O6/c1-7(2)12(22)16(6-11(20)21)10(19)5-15-9(18)4-14-8(17)3-13/h1,3-6,13H2,2H3,(H,14,17)(H,15,18)(H,20,21). The molecule has 0 aliphatic carbocycles. The first-order chi connectivity index (χ1) is 10.2. The highest BCUT2D eigenvalue weighted by Crippen LogP contribution is 1.99. The quantitative estimate of drug-likeness (QED) is 0.352. The minimum Gasteiger partial charge on any atom is -0.480 e. The van der Waals surface area contributed by atoms with Crippen LogP contribution in [0.4, 0.5) is 0 Å². The number of carbonyl (C=O) groups excluding carboxylic acids is 4. The third-order valence-electron chi connectivity index (χ3n) is 2.27. The van der Waals surface area contributed by atoms with Crippen LogP contribution in [0.1, 0.15) is 6.92 Å². The normalized spacial score (nSPS) is 9.55. The molecule has 10 heteroatoms. The Kier molecular flexibility index (Phi) is 8.08. The SMILES string of the molecule is C=C(C)C(=O)N(CC(=O)O)C(=O)CNC(=O)CNC(=O)CN. The summed E-state index contributed by atoms with van der Waals surface area (Å²) in [7, 11) is 0. The summed E-state index contributed by atoms with van der Waals surface area (Å²) >= 11 is 0. The number of carbonyl (C=O) groups is 5. The van der Waals surface area contributed by atoms with Crippen LogP contribution in [0.25, 0.3) is 0 Å². The minimum absolute atomic E-state index is 0.0175. The van der Waals surface area contributed by atoms with Crippen LogP contribution < -0.4 is 16.4 Å². The Morgan fingerprint density at radius 1 is 1.09 bits per heavy atom. The smallest absolute Gasteiger partial charge is 0.323 e. The van der Waals surface area contributed by atoms with Crippen molar-refractivity contribution in [2.45, 2.75) is 6.92 Å². The maximum absolute atomic E-state index is 11.8. The number of carboxylic acids is 1. The highest BCUT2D eigenvalue weighted by Gasteiger charge is 2.24. The van der Waals surface area contributed by atoms with Gasteiger partial charge in [0.2, 0.25) is 17.7 Å². The summed E-state index contributed by atoms with van der Waals surface area (Å²) in [6.45, 7) is 2.55. The van der Waals surface area contributed by atoms with Crippen LogP contribution in [-0.4, -0.2) is 65.8 Å². The third kappa shape index (κ3) is 7.14. The molecular formula is C12H18N4O6. The van der Waals surface area contributed by atoms with Gasteiger partial charge in [0, 0.05) is 5.57 Å². The van der Waals surface area contributed by atoms with Gasteiger partial charge >= 0.3 is 5.97 Å². The van der Waals surface area contributed by atoms with Gasteiger partial charge in [0.05, 0.1) is 19.6 Å². The lowest BCUT2D eigenvalue weighted by Crippen LogP contribution is -2.47. The van der Waals surface area contributed by atoms with Crippen molar-refractivity contribution < 1.29 is 29.1 Å². The van der Waals surface area contributed by atoms with E-state index >= 15 is 0 Å². The number of imide groups is 1. The molecule has 0 saturated carbocycles. The molecule has 0 aromatic carbocycles. The molecular weight excluding hydrogens is 296 g/mol. The number of hydrogen-bond acceptors (Lipinski definition) is 6. The summed E-state index contributed by atoms with van der Waals surface area (Å²) in [4.78, 5) is 56.8. The van der Waals surface area contributed by atoms with Gasteiger partial charge < -0.3 is 21.5 Å². The van der Waals surface area contributed by atoms with E-state index in [1.807, 2.05) is 0 Å². The van der Waals surface area contributed by atoms with Gasteiger partial charge in [-0.15, -0.1) is 0 Å². The molecule has 0 heterocycles. The first-order valence-electron chi connectivity index (χ1n) is 6.14. The lowest BCUT2D eigenvalue weighted by molar-refractivity contribution is -0.150. The fraction of sp³-hybridized carbons (Fsp3) is 0.417. The maximum atomic E-state index is 11.8. The largest absolute Gasteiger partial charge is 0.480 e. The zero-order valence-corrected chi connectivity index (χ0v) is 12.0. The van der Waals surface area contributed by atoms with Crippen LogP contribution in [0.5, 0.6) is 0 Å². The maximum Gasteiger partial charge on any atom is 0.323 e. The van der Waals surface area contributed by atoms with Crippen LogP contribution in [0.3, 0.4) is 0 Å². The van der Waals surface area contributed by atoms with Crippen LogP contribution >= 0.6 is 0 Å². The molecule has 10 nitrogen and oxygen atoms in total. The zero-order chi connectivity index (χ0) is 17.3. The molecule has 0 aliphatic rings. The fourth-order valence-corrected chi connectivity index (χ4v) is 1.22. The number of aliphatic carboxylic acids is 1. The van der Waals surface area contributed by atoms with E-state index in [9.17, 15) is 24.0 Å². The Bertz CT molecular complexity index is 502. The lowest BCUT2D eigenvalue weighted by atomic mass is 10.3. The number of amides is 4. The molecule has 0 spiro atoms. The highest BCUT2D eigenvalue weighted by molar-refractivity contribution is 6.06. The second-order valence-electron chi connectivity index (χ2n) is 4.22. The van der Waals surface area contributed by atoms with E-state index in [4.69, 9.17) is 10.8 Å². The van der Waals surface area contributed by atoms with E-state index in [-0.39, 0.29) is 12.1 Å². The predicted octanol–water partition coefficient (Wildman–Crippen LogP) is -2.81. The van der Waals surface area contributed by atoms with E-state index in [1.54, 1.807) is 0 Å². The van der Waals surface area contributed by atoms with Crippen molar-refractivity contribution in [3.63, 3.8) is 0 Å². The highest BCUT2D eigenvalue weighted by atomic mass is 16.4. The molecule has 0 aromatic rings. The minimum atomic E-state index is -1.38. The van der Waals surface area contributed by atoms with E-state index in [2.05, 4.69) is 17.2 Å². The van der Waals surface area contributed by atoms with Crippen LogP contribution in [0.15, 0.2) is 12.2 Å². The lowest BCUT2D eigenvalue weighted by Gasteiger charge is -2.19. The van der Waals surface area contributed by atoms with Crippen molar-refractivity contribution in [3.05, 3.63) is 12.2 Å². The van der Waals surface area contributed by atoms with Gasteiger partial charge in [0.1, 0.15) is 6.54 Å². The van der Waals surface area contributed by atoms with E-state index < -0.39 is 49.2 Å². The predicted molar refractivity (Wildman–Crippen MR) is 74.2 cm³/mol. The molecule has 0 unspecified atom stereocenters. The number of rotatable bonds is 8. The van der Waals surface area contributed by atoms with Crippen LogP contribution in [-0.2, 0) is 24.0 Å². The summed E-state index contributed by atoms with van der Waals surface area (Å²) in [5.74, 6) is -4.38. The summed E-state index contributed by atoms with van der Waals surface area (Å²) in [6.07, 6.45) is 0. The molecule has 0 radical (unpaired) electrons. The molecule has 0 bridgehead atoms. The van der Waals surface area contributed by atoms with Gasteiger partial charge in [-0.25, -0.2) is 0 Å². The van der Waals surface area contributed by atoms with Crippen molar-refractivity contribution in [1.82, 2.24) is 15.5 Å². The van der Waals surface area contributed by atoms with Crippen molar-refractivity contribution in [2.75, 3.05) is 26.2 Å². The molecule has 0 aliphatic heterocycles. The Balaban J connectivity index is 4.54. The van der Waals surface area contributed by atoms with Crippen molar-refractivity contribution in [3.8, 4) is 0 Å². The third-order valence-corrected chi connectivity index (χ3v) is 2.27. The Morgan fingerprint density at radius 2 is 1.64 bits per heavy atom. The van der Waals surface area contributed by atoms with Gasteiger partial charge in [0.25, 0.3) is 5.91 Å². The van der Waals surface area contributed by atoms with Crippen molar-refractivity contribution in [2.24, 2.45) is 5.73 Å². The molecule has 0 rings (SSSR count). The van der Waals surface area contributed by atoms with Gasteiger partial charge in [-0.1, -0.05) is 6.58 Å². The number of hydrogen-bond donors (Lipinski definition) is 4. The van der Waals surface area contributed by atoms with Crippen molar-refractivity contribution >= 4 is 29.6 Å². The molecule has 0 aromatic heterocycles. The second kappa shape index (κ2) is 9.23. The van der Waals surface area contributed by atoms with E-state index in [0.29, 0.717) is 4.90 Å². The van der Waals surface area contributed by atoms with E-state index in [0.717, 1.165) is 0 Å². The number of nitrogens with one attached hydrogen (secondary N) is 2. The molecule has 0 atom stereocenters. The first kappa shape index (κ1) is 19.2. The first-order valence-corrected chi connectivity index (χ1v) is 6.14. The van der Waals surface area contributed by atoms with Gasteiger partial charge in [-0.3, -0.25) is 28.9 Å². The van der Waals surface area contributed by atoms with Crippen molar-refractivity contribution in [1.29, 1.82) is 0 Å². The number of nitrogens with zero attached hydrogens (tertiary/aromatic N) is 1. The molecule has 22 heavy (non-hydrogen) atoms. The topological polar surface area (TPSA) is 159 Å². The number of carboxylic acid groups (broad SMARTS) is 1. The van der Waals surface area contributed by atoms with Gasteiger partial charge in [-0.2, -0.15) is 0 Å². The Labute approximate surface area is 126 Å². The van der Waals surface area contributed by atoms with Gasteiger partial charge in [0.15, 0.2) is 0 Å². The summed E-state index contributed by atoms with van der Waals surface area (Å²) < 4.78 is 0. The average molecular weight is 314 g/mol. The molecule has 0 fully saturated rings. The fourth-order valence-electron chi connectivity index (χ4n) is 1.22. The monoisotopic (exact) mass is 314 g/mol. The summed E-state index contributed by atoms with van der Waals surface area (Å²) in [5, 5.41) is 13.0. The molecule has 4 amide bonds. The van der Waals surface area contributed by atoms with E-state index in [1.165, 1.54) is 6.92 Å². The van der Waals surface area contributed by atoms with Crippen LogP contribution in [0.2, 0.25) is 0 Å². The average Bonchev–Trinajstić information content (AvgIpc) is 2.46. The van der Waals surface area contributed by atoms with Crippen LogP contribution in [0, 0.1) is 0 Å². The summed E-state index contributed by atoms with van der Waals surface area (Å²) in [6, 6.07) is 0. The second-order valence-corrected chi connectivity index (χ2v) is 4.22. The molecule has 0 saturated heterocycles. The van der Waals surface area contributed by atoms with Gasteiger partial charge in [-0.05, 0) is 6.92 Å².